The van der Waals surface area contributed by atoms with Crippen LogP contribution in [0.1, 0.15) is 24.2 Å². The Morgan fingerprint density at radius 2 is 2.00 bits per heavy atom. The highest BCUT2D eigenvalue weighted by Crippen LogP contribution is 2.21. The molecule has 0 unspecified atom stereocenters. The van der Waals surface area contributed by atoms with E-state index in [0.717, 1.165) is 0 Å². The van der Waals surface area contributed by atoms with Crippen LogP contribution in [0, 0.1) is 0 Å². The highest BCUT2D eigenvalue weighted by Gasteiger charge is 2.22. The number of hydrogen-bond acceptors (Lipinski definition) is 4. The van der Waals surface area contributed by atoms with Crippen LogP contribution in [0.25, 0.3) is 0 Å². The normalized spacial score (nSPS) is 10.9. The fraction of sp³-hybridized carbons (Fsp3) is 0.333. The van der Waals surface area contributed by atoms with Gasteiger partial charge in [0.05, 0.1) is 23.2 Å². The molecule has 0 bridgehead atoms. The maximum absolute atomic E-state index is 11.7. The quantitative estimate of drug-likeness (QED) is 0.821. The molecule has 0 heterocycles. The van der Waals surface area contributed by atoms with Crippen molar-refractivity contribution in [3.63, 3.8) is 0 Å². The number of rotatable bonds is 3. The van der Waals surface area contributed by atoms with E-state index < -0.39 is 11.5 Å². The number of esters is 1. The minimum atomic E-state index is -1.01. The first-order valence-electron chi connectivity index (χ1n) is 5.24. The molecule has 0 aromatic heterocycles. The number of anilines is 1. The molecule has 0 fully saturated rings. The largest absolute Gasteiger partial charge is 0.465 e. The van der Waals surface area contributed by atoms with Crippen LogP contribution in [0.15, 0.2) is 18.2 Å². The lowest BCUT2D eigenvalue weighted by Crippen LogP contribution is -2.45. The monoisotopic (exact) mass is 270 g/mol. The smallest absolute Gasteiger partial charge is 0.339 e. The summed E-state index contributed by atoms with van der Waals surface area (Å²) in [6.45, 7) is 3.17. The topological polar surface area (TPSA) is 81.4 Å². The molecule has 1 amide bonds. The lowest BCUT2D eigenvalue weighted by Gasteiger charge is -2.18. The van der Waals surface area contributed by atoms with Crippen LogP contribution < -0.4 is 11.1 Å². The van der Waals surface area contributed by atoms with Gasteiger partial charge in [0.2, 0.25) is 5.91 Å². The van der Waals surface area contributed by atoms with E-state index in [1.54, 1.807) is 19.9 Å². The number of nitrogens with two attached hydrogens (primary N) is 1. The summed E-state index contributed by atoms with van der Waals surface area (Å²) in [5, 5.41) is 2.85. The molecule has 0 saturated heterocycles. The van der Waals surface area contributed by atoms with Crippen molar-refractivity contribution in [2.24, 2.45) is 5.73 Å². The SMILES string of the molecule is COC(=O)c1cc(NC(=O)C(C)(C)N)ccc1Cl. The fourth-order valence-electron chi connectivity index (χ4n) is 1.16. The van der Waals surface area contributed by atoms with Crippen molar-refractivity contribution in [3.8, 4) is 0 Å². The van der Waals surface area contributed by atoms with Gasteiger partial charge in [0, 0.05) is 5.69 Å². The lowest BCUT2D eigenvalue weighted by atomic mass is 10.1. The molecule has 0 spiro atoms. The molecule has 0 radical (unpaired) electrons. The maximum atomic E-state index is 11.7. The summed E-state index contributed by atoms with van der Waals surface area (Å²) in [6, 6.07) is 4.53. The Balaban J connectivity index is 2.99. The molecule has 0 saturated carbocycles. The van der Waals surface area contributed by atoms with E-state index in [0.29, 0.717) is 5.69 Å². The first kappa shape index (κ1) is 14.5. The highest BCUT2D eigenvalue weighted by atomic mass is 35.5. The van der Waals surface area contributed by atoms with Crippen molar-refractivity contribution in [1.82, 2.24) is 0 Å². The van der Waals surface area contributed by atoms with Crippen LogP contribution in [0.2, 0.25) is 5.02 Å². The number of ether oxygens (including phenoxy) is 1. The molecule has 6 heteroatoms. The van der Waals surface area contributed by atoms with E-state index in [1.165, 1.54) is 19.2 Å². The Kier molecular flexibility index (Phi) is 4.32. The second kappa shape index (κ2) is 5.37. The lowest BCUT2D eigenvalue weighted by molar-refractivity contribution is -0.120. The Hall–Kier alpha value is -1.59. The summed E-state index contributed by atoms with van der Waals surface area (Å²) >= 11 is 5.86. The molecule has 0 aliphatic carbocycles. The Morgan fingerprint density at radius 3 is 2.50 bits per heavy atom. The van der Waals surface area contributed by atoms with Crippen LogP contribution >= 0.6 is 11.6 Å². The standard InChI is InChI=1S/C12H15ClN2O3/c1-12(2,14)11(17)15-7-4-5-9(13)8(6-7)10(16)18-3/h4-6H,14H2,1-3H3,(H,15,17). The molecular formula is C12H15ClN2O3. The molecule has 1 aromatic rings. The molecule has 0 aliphatic rings. The Bertz CT molecular complexity index is 481. The van der Waals surface area contributed by atoms with Crippen molar-refractivity contribution in [2.75, 3.05) is 12.4 Å². The summed E-state index contributed by atoms with van der Waals surface area (Å²) in [5.74, 6) is -0.927. The molecule has 1 aromatic carbocycles. The van der Waals surface area contributed by atoms with Crippen molar-refractivity contribution < 1.29 is 14.3 Å². The number of amides is 1. The van der Waals surface area contributed by atoms with Crippen molar-refractivity contribution >= 4 is 29.2 Å². The zero-order chi connectivity index (χ0) is 13.9. The van der Waals surface area contributed by atoms with Gasteiger partial charge in [0.15, 0.2) is 0 Å². The number of hydrogen-bond donors (Lipinski definition) is 2. The molecule has 98 valence electrons. The number of benzene rings is 1. The van der Waals surface area contributed by atoms with Crippen LogP contribution in [0.4, 0.5) is 5.69 Å². The van der Waals surface area contributed by atoms with Crippen LogP contribution in [-0.4, -0.2) is 24.5 Å². The number of nitrogens with one attached hydrogen (secondary N) is 1. The van der Waals surface area contributed by atoms with Gasteiger partial charge in [-0.2, -0.15) is 0 Å². The molecule has 5 nitrogen and oxygen atoms in total. The molecule has 1 rings (SSSR count). The average molecular weight is 271 g/mol. The van der Waals surface area contributed by atoms with Gasteiger partial charge in [-0.3, -0.25) is 4.79 Å². The minimum Gasteiger partial charge on any atom is -0.465 e. The molecule has 0 atom stereocenters. The molecule has 0 aliphatic heterocycles. The number of methoxy groups -OCH3 is 1. The first-order chi connectivity index (χ1) is 8.25. The predicted molar refractivity (Wildman–Crippen MR) is 69.7 cm³/mol. The zero-order valence-electron chi connectivity index (χ0n) is 10.4. The fourth-order valence-corrected chi connectivity index (χ4v) is 1.36. The molecule has 3 N–H and O–H groups in total. The average Bonchev–Trinajstić information content (AvgIpc) is 2.29. The Morgan fingerprint density at radius 1 is 1.39 bits per heavy atom. The second-order valence-corrected chi connectivity index (χ2v) is 4.77. The third-order valence-corrected chi connectivity index (χ3v) is 2.54. The van der Waals surface area contributed by atoms with E-state index in [9.17, 15) is 9.59 Å². The number of halogens is 1. The number of carbonyl (C=O) groups excluding carboxylic acids is 2. The van der Waals surface area contributed by atoms with Crippen molar-refractivity contribution in [1.29, 1.82) is 0 Å². The summed E-state index contributed by atoms with van der Waals surface area (Å²) < 4.78 is 4.58. The van der Waals surface area contributed by atoms with Gasteiger partial charge >= 0.3 is 5.97 Å². The minimum absolute atomic E-state index is 0.187. The second-order valence-electron chi connectivity index (χ2n) is 4.36. The van der Waals surface area contributed by atoms with Crippen LogP contribution in [0.3, 0.4) is 0 Å². The van der Waals surface area contributed by atoms with Gasteiger partial charge in [-0.25, -0.2) is 4.79 Å². The van der Waals surface area contributed by atoms with Crippen molar-refractivity contribution in [2.45, 2.75) is 19.4 Å². The van der Waals surface area contributed by atoms with Gasteiger partial charge in [-0.15, -0.1) is 0 Å². The van der Waals surface area contributed by atoms with Crippen LogP contribution in [0.5, 0.6) is 0 Å². The summed E-state index contributed by atoms with van der Waals surface area (Å²) in [6.07, 6.45) is 0. The highest BCUT2D eigenvalue weighted by molar-refractivity contribution is 6.33. The summed E-state index contributed by atoms with van der Waals surface area (Å²) in [5.41, 5.74) is 5.26. The van der Waals surface area contributed by atoms with Gasteiger partial charge < -0.3 is 15.8 Å². The number of carbonyl (C=O) groups is 2. The summed E-state index contributed by atoms with van der Waals surface area (Å²) in [4.78, 5) is 23.1. The molecular weight excluding hydrogens is 256 g/mol. The van der Waals surface area contributed by atoms with E-state index in [1.807, 2.05) is 0 Å². The van der Waals surface area contributed by atoms with Gasteiger partial charge in [0.25, 0.3) is 0 Å². The van der Waals surface area contributed by atoms with E-state index in [2.05, 4.69) is 10.1 Å². The maximum Gasteiger partial charge on any atom is 0.339 e. The van der Waals surface area contributed by atoms with Gasteiger partial charge in [-0.05, 0) is 32.0 Å². The van der Waals surface area contributed by atoms with E-state index in [-0.39, 0.29) is 16.5 Å². The summed E-state index contributed by atoms with van der Waals surface area (Å²) in [7, 11) is 1.26. The predicted octanol–water partition coefficient (Wildman–Crippen LogP) is 1.80. The Labute approximate surface area is 110 Å². The third-order valence-electron chi connectivity index (χ3n) is 2.21. The first-order valence-corrected chi connectivity index (χ1v) is 5.61. The van der Waals surface area contributed by atoms with E-state index >= 15 is 0 Å². The van der Waals surface area contributed by atoms with Crippen molar-refractivity contribution in [3.05, 3.63) is 28.8 Å². The molecule has 18 heavy (non-hydrogen) atoms. The van der Waals surface area contributed by atoms with E-state index in [4.69, 9.17) is 17.3 Å². The van der Waals surface area contributed by atoms with Gasteiger partial charge in [0.1, 0.15) is 0 Å². The van der Waals surface area contributed by atoms with Gasteiger partial charge in [-0.1, -0.05) is 11.6 Å². The van der Waals surface area contributed by atoms with Crippen LogP contribution in [-0.2, 0) is 9.53 Å². The zero-order valence-corrected chi connectivity index (χ0v) is 11.2. The third kappa shape index (κ3) is 3.45.